The highest BCUT2D eigenvalue weighted by atomic mass is 16.6. The first-order chi connectivity index (χ1) is 6.63. The van der Waals surface area contributed by atoms with Gasteiger partial charge in [0.05, 0.1) is 6.42 Å². The summed E-state index contributed by atoms with van der Waals surface area (Å²) in [4.78, 5) is 21.9. The molecule has 3 N–H and O–H groups in total. The standard InChI is InChI=1S/C10H19NO4/c1-6(8(11)9(13)14)5-7(12)15-10(2,3)4/h6,8H,5,11H2,1-4H3,(H,13,14)/t6?,8-/m1/s1. The van der Waals surface area contributed by atoms with Crippen molar-refractivity contribution < 1.29 is 19.4 Å². The molecule has 0 aliphatic heterocycles. The molecule has 0 aromatic heterocycles. The monoisotopic (exact) mass is 217 g/mol. The summed E-state index contributed by atoms with van der Waals surface area (Å²) in [7, 11) is 0. The zero-order valence-corrected chi connectivity index (χ0v) is 9.61. The van der Waals surface area contributed by atoms with Crippen LogP contribution in [0.15, 0.2) is 0 Å². The molecule has 0 aromatic carbocycles. The third-order valence-corrected chi connectivity index (χ3v) is 1.81. The van der Waals surface area contributed by atoms with E-state index in [0.29, 0.717) is 0 Å². The maximum atomic E-state index is 11.3. The summed E-state index contributed by atoms with van der Waals surface area (Å²) in [6, 6.07) is -1.03. The van der Waals surface area contributed by atoms with Crippen molar-refractivity contribution in [1.82, 2.24) is 0 Å². The largest absolute Gasteiger partial charge is 0.480 e. The maximum absolute atomic E-state index is 11.3. The summed E-state index contributed by atoms with van der Waals surface area (Å²) in [5.41, 5.74) is 4.81. The number of aliphatic carboxylic acids is 1. The Morgan fingerprint density at radius 2 is 1.87 bits per heavy atom. The van der Waals surface area contributed by atoms with Gasteiger partial charge in [-0.25, -0.2) is 0 Å². The Balaban J connectivity index is 4.13. The molecule has 0 saturated heterocycles. The van der Waals surface area contributed by atoms with Crippen LogP contribution in [0.3, 0.4) is 0 Å². The lowest BCUT2D eigenvalue weighted by molar-refractivity contribution is -0.156. The van der Waals surface area contributed by atoms with Gasteiger partial charge < -0.3 is 15.6 Å². The van der Waals surface area contributed by atoms with E-state index >= 15 is 0 Å². The molecule has 0 aliphatic carbocycles. The maximum Gasteiger partial charge on any atom is 0.320 e. The van der Waals surface area contributed by atoms with Gasteiger partial charge in [-0.2, -0.15) is 0 Å². The second kappa shape index (κ2) is 5.11. The van der Waals surface area contributed by atoms with Gasteiger partial charge in [0.2, 0.25) is 0 Å². The number of ether oxygens (including phenoxy) is 1. The van der Waals surface area contributed by atoms with Crippen molar-refractivity contribution in [1.29, 1.82) is 0 Å². The molecule has 0 fully saturated rings. The molecule has 0 aromatic rings. The Labute approximate surface area is 89.6 Å². The van der Waals surface area contributed by atoms with Crippen molar-refractivity contribution >= 4 is 11.9 Å². The van der Waals surface area contributed by atoms with Crippen LogP contribution in [-0.2, 0) is 14.3 Å². The predicted octanol–water partition coefficient (Wildman–Crippen LogP) is 0.766. The first-order valence-corrected chi connectivity index (χ1v) is 4.83. The molecule has 5 nitrogen and oxygen atoms in total. The zero-order chi connectivity index (χ0) is 12.2. The minimum Gasteiger partial charge on any atom is -0.480 e. The molecule has 0 spiro atoms. The fourth-order valence-electron chi connectivity index (χ4n) is 1.02. The number of nitrogens with two attached hydrogens (primary N) is 1. The predicted molar refractivity (Wildman–Crippen MR) is 55.2 cm³/mol. The van der Waals surface area contributed by atoms with Gasteiger partial charge in [0.25, 0.3) is 0 Å². The molecule has 15 heavy (non-hydrogen) atoms. The molecule has 0 rings (SSSR count). The SMILES string of the molecule is CC(CC(=O)OC(C)(C)C)[C@@H](N)C(=O)O. The van der Waals surface area contributed by atoms with Crippen LogP contribution in [0, 0.1) is 5.92 Å². The highest BCUT2D eigenvalue weighted by Gasteiger charge is 2.25. The fourth-order valence-corrected chi connectivity index (χ4v) is 1.02. The molecular weight excluding hydrogens is 198 g/mol. The summed E-state index contributed by atoms with van der Waals surface area (Å²) in [6.45, 7) is 6.88. The summed E-state index contributed by atoms with van der Waals surface area (Å²) < 4.78 is 5.05. The van der Waals surface area contributed by atoms with Gasteiger partial charge >= 0.3 is 11.9 Å². The minimum absolute atomic E-state index is 0.0186. The van der Waals surface area contributed by atoms with E-state index < -0.39 is 29.5 Å². The number of carbonyl (C=O) groups excluding carboxylic acids is 1. The van der Waals surface area contributed by atoms with Crippen LogP contribution < -0.4 is 5.73 Å². The van der Waals surface area contributed by atoms with Crippen LogP contribution in [-0.4, -0.2) is 28.7 Å². The Morgan fingerprint density at radius 1 is 1.40 bits per heavy atom. The number of carbonyl (C=O) groups is 2. The van der Waals surface area contributed by atoms with E-state index in [1.807, 2.05) is 0 Å². The van der Waals surface area contributed by atoms with Crippen LogP contribution in [0.2, 0.25) is 0 Å². The summed E-state index contributed by atoms with van der Waals surface area (Å²) >= 11 is 0. The van der Waals surface area contributed by atoms with Gasteiger partial charge in [-0.3, -0.25) is 9.59 Å². The topological polar surface area (TPSA) is 89.6 Å². The van der Waals surface area contributed by atoms with Crippen molar-refractivity contribution in [3.63, 3.8) is 0 Å². The highest BCUT2D eigenvalue weighted by molar-refractivity contribution is 5.76. The minimum atomic E-state index is -1.11. The smallest absolute Gasteiger partial charge is 0.320 e. The Bertz CT molecular complexity index is 244. The molecule has 0 amide bonds. The molecule has 88 valence electrons. The van der Waals surface area contributed by atoms with E-state index in [1.165, 1.54) is 0 Å². The van der Waals surface area contributed by atoms with Crippen LogP contribution >= 0.6 is 0 Å². The number of hydrogen-bond donors (Lipinski definition) is 2. The summed E-state index contributed by atoms with van der Waals surface area (Å²) in [6.07, 6.45) is 0.0186. The number of esters is 1. The van der Waals surface area contributed by atoms with E-state index in [1.54, 1.807) is 27.7 Å². The van der Waals surface area contributed by atoms with Gasteiger partial charge in [-0.05, 0) is 26.7 Å². The molecule has 0 aliphatic rings. The average Bonchev–Trinajstić information content (AvgIpc) is 1.98. The lowest BCUT2D eigenvalue weighted by atomic mass is 9.99. The number of hydrogen-bond acceptors (Lipinski definition) is 4. The lowest BCUT2D eigenvalue weighted by Crippen LogP contribution is -2.38. The molecule has 1 unspecified atom stereocenters. The molecule has 0 bridgehead atoms. The number of carboxylic acids is 1. The number of carboxylic acid groups (broad SMARTS) is 1. The summed E-state index contributed by atoms with van der Waals surface area (Å²) in [5.74, 6) is -1.96. The number of rotatable bonds is 4. The summed E-state index contributed by atoms with van der Waals surface area (Å²) in [5, 5.41) is 8.62. The van der Waals surface area contributed by atoms with E-state index in [9.17, 15) is 9.59 Å². The molecule has 0 saturated carbocycles. The lowest BCUT2D eigenvalue weighted by Gasteiger charge is -2.21. The second-order valence-corrected chi connectivity index (χ2v) is 4.63. The van der Waals surface area contributed by atoms with E-state index in [2.05, 4.69) is 0 Å². The zero-order valence-electron chi connectivity index (χ0n) is 9.61. The van der Waals surface area contributed by atoms with Crippen LogP contribution in [0.1, 0.15) is 34.1 Å². The first-order valence-electron chi connectivity index (χ1n) is 4.83. The van der Waals surface area contributed by atoms with Gasteiger partial charge in [-0.15, -0.1) is 0 Å². The Hall–Kier alpha value is -1.10. The molecular formula is C10H19NO4. The quantitative estimate of drug-likeness (QED) is 0.679. The average molecular weight is 217 g/mol. The Kier molecular flexibility index (Phi) is 4.74. The van der Waals surface area contributed by atoms with Gasteiger partial charge in [0.15, 0.2) is 0 Å². The van der Waals surface area contributed by atoms with Crippen molar-refractivity contribution in [2.75, 3.05) is 0 Å². The molecule has 5 heteroatoms. The van der Waals surface area contributed by atoms with Crippen molar-refractivity contribution in [3.05, 3.63) is 0 Å². The molecule has 2 atom stereocenters. The van der Waals surface area contributed by atoms with E-state index in [4.69, 9.17) is 15.6 Å². The second-order valence-electron chi connectivity index (χ2n) is 4.63. The Morgan fingerprint density at radius 3 is 2.20 bits per heavy atom. The van der Waals surface area contributed by atoms with Crippen LogP contribution in [0.4, 0.5) is 0 Å². The van der Waals surface area contributed by atoms with E-state index in [-0.39, 0.29) is 6.42 Å². The molecule has 0 heterocycles. The normalized spacial score (nSPS) is 15.5. The third-order valence-electron chi connectivity index (χ3n) is 1.81. The van der Waals surface area contributed by atoms with Crippen molar-refractivity contribution in [2.45, 2.75) is 45.8 Å². The fraction of sp³-hybridized carbons (Fsp3) is 0.800. The van der Waals surface area contributed by atoms with Crippen LogP contribution in [0.5, 0.6) is 0 Å². The van der Waals surface area contributed by atoms with Crippen molar-refractivity contribution in [2.24, 2.45) is 11.7 Å². The van der Waals surface area contributed by atoms with Gasteiger partial charge in [0, 0.05) is 0 Å². The van der Waals surface area contributed by atoms with Gasteiger partial charge in [-0.1, -0.05) is 6.92 Å². The third kappa shape index (κ3) is 6.06. The first kappa shape index (κ1) is 13.9. The van der Waals surface area contributed by atoms with Gasteiger partial charge in [0.1, 0.15) is 11.6 Å². The van der Waals surface area contributed by atoms with Crippen LogP contribution in [0.25, 0.3) is 0 Å². The highest BCUT2D eigenvalue weighted by Crippen LogP contribution is 2.13. The van der Waals surface area contributed by atoms with Crippen molar-refractivity contribution in [3.8, 4) is 0 Å². The van der Waals surface area contributed by atoms with E-state index in [0.717, 1.165) is 0 Å². The molecule has 0 radical (unpaired) electrons.